The molecule has 2 saturated heterocycles. The molecular weight excluding hydrogens is 432 g/mol. The molecule has 6 rings (SSSR count). The summed E-state index contributed by atoms with van der Waals surface area (Å²) in [4.78, 5) is 20.2. The van der Waals surface area contributed by atoms with Gasteiger partial charge in [0.25, 0.3) is 0 Å². The Balaban J connectivity index is 1.41. The number of carbonyl (C=O) groups excluding carboxylic acids is 1. The van der Waals surface area contributed by atoms with Crippen molar-refractivity contribution in [3.8, 4) is 22.5 Å². The molecule has 2 fully saturated rings. The highest BCUT2D eigenvalue weighted by atomic mass is 16.5. The van der Waals surface area contributed by atoms with Crippen LogP contribution < -0.4 is 10.6 Å². The topological polar surface area (TPSA) is 107 Å². The molecule has 0 unspecified atom stereocenters. The van der Waals surface area contributed by atoms with E-state index in [2.05, 4.69) is 50.4 Å². The zero-order valence-electron chi connectivity index (χ0n) is 19.0. The normalized spacial score (nSPS) is 16.7. The number of aromatic nitrogens is 5. The van der Waals surface area contributed by atoms with Gasteiger partial charge in [0.05, 0.1) is 30.6 Å². The maximum atomic E-state index is 11.7. The molecule has 1 amide bonds. The average molecular weight is 459 g/mol. The van der Waals surface area contributed by atoms with E-state index in [-0.39, 0.29) is 11.9 Å². The van der Waals surface area contributed by atoms with Crippen LogP contribution in [0.2, 0.25) is 0 Å². The Bertz CT molecular complexity index is 1360. The van der Waals surface area contributed by atoms with Gasteiger partial charge in [-0.05, 0) is 24.3 Å². The maximum Gasteiger partial charge on any atom is 0.219 e. The monoisotopic (exact) mass is 458 g/mol. The minimum atomic E-state index is 0.130. The molecule has 174 valence electrons. The van der Waals surface area contributed by atoms with Crippen LogP contribution >= 0.6 is 0 Å². The quantitative estimate of drug-likeness (QED) is 0.499. The predicted octanol–water partition coefficient (Wildman–Crippen LogP) is 2.08. The van der Waals surface area contributed by atoms with Crippen LogP contribution in [-0.4, -0.2) is 74.6 Å². The average Bonchev–Trinajstić information content (AvgIpc) is 3.44. The van der Waals surface area contributed by atoms with Crippen molar-refractivity contribution in [3.63, 3.8) is 0 Å². The Morgan fingerprint density at radius 1 is 1.06 bits per heavy atom. The number of nitrogen functional groups attached to an aromatic ring is 1. The lowest BCUT2D eigenvalue weighted by molar-refractivity contribution is -0.129. The molecular formula is C24H26N8O2. The molecule has 4 aromatic rings. The Kier molecular flexibility index (Phi) is 4.95. The van der Waals surface area contributed by atoms with Gasteiger partial charge in [0.1, 0.15) is 11.8 Å². The summed E-state index contributed by atoms with van der Waals surface area (Å²) >= 11 is 0. The highest BCUT2D eigenvalue weighted by Crippen LogP contribution is 2.37. The highest BCUT2D eigenvalue weighted by Gasteiger charge is 2.26. The molecule has 1 aromatic carbocycles. The van der Waals surface area contributed by atoms with E-state index in [4.69, 9.17) is 10.5 Å². The number of hydrogen-bond donors (Lipinski definition) is 1. The van der Waals surface area contributed by atoms with Crippen molar-refractivity contribution in [1.82, 2.24) is 29.3 Å². The van der Waals surface area contributed by atoms with Crippen molar-refractivity contribution < 1.29 is 9.53 Å². The van der Waals surface area contributed by atoms with Crippen LogP contribution in [0.25, 0.3) is 28.0 Å². The van der Waals surface area contributed by atoms with E-state index in [0.717, 1.165) is 59.9 Å². The van der Waals surface area contributed by atoms with Gasteiger partial charge >= 0.3 is 0 Å². The molecule has 5 heterocycles. The summed E-state index contributed by atoms with van der Waals surface area (Å²) in [5.74, 6) is 0.552. The van der Waals surface area contributed by atoms with E-state index in [1.165, 1.54) is 6.33 Å². The number of anilines is 2. The number of benzene rings is 1. The molecule has 2 aliphatic rings. The van der Waals surface area contributed by atoms with Crippen LogP contribution in [0.3, 0.4) is 0 Å². The molecule has 0 atom stereocenters. The van der Waals surface area contributed by atoms with E-state index in [1.807, 2.05) is 20.2 Å². The zero-order chi connectivity index (χ0) is 23.2. The van der Waals surface area contributed by atoms with Crippen molar-refractivity contribution in [2.75, 3.05) is 50.0 Å². The van der Waals surface area contributed by atoms with Gasteiger partial charge in [0.2, 0.25) is 5.91 Å². The highest BCUT2D eigenvalue weighted by molar-refractivity contribution is 5.91. The number of rotatable bonds is 4. The Labute approximate surface area is 196 Å². The molecule has 0 spiro atoms. The maximum absolute atomic E-state index is 11.7. The van der Waals surface area contributed by atoms with Crippen molar-refractivity contribution in [3.05, 3.63) is 48.9 Å². The Hall–Kier alpha value is -3.92. The van der Waals surface area contributed by atoms with Crippen LogP contribution in [0, 0.1) is 0 Å². The van der Waals surface area contributed by atoms with E-state index in [9.17, 15) is 4.79 Å². The van der Waals surface area contributed by atoms with Gasteiger partial charge < -0.3 is 20.3 Å². The zero-order valence-corrected chi connectivity index (χ0v) is 19.0. The first-order valence-electron chi connectivity index (χ1n) is 11.4. The van der Waals surface area contributed by atoms with Crippen molar-refractivity contribution >= 4 is 22.9 Å². The molecule has 0 saturated carbocycles. The first kappa shape index (κ1) is 20.7. The number of amides is 1. The minimum Gasteiger partial charge on any atom is -0.382 e. The first-order chi connectivity index (χ1) is 16.6. The smallest absolute Gasteiger partial charge is 0.219 e. The lowest BCUT2D eigenvalue weighted by Crippen LogP contribution is -2.48. The van der Waals surface area contributed by atoms with Gasteiger partial charge in [-0.15, -0.1) is 0 Å². The second kappa shape index (κ2) is 8.14. The molecule has 34 heavy (non-hydrogen) atoms. The number of nitrogens with two attached hydrogens (primary N) is 1. The third-order valence-corrected chi connectivity index (χ3v) is 6.73. The molecule has 0 radical (unpaired) electrons. The molecule has 2 aliphatic heterocycles. The number of piperazine rings is 1. The molecule has 3 aromatic heterocycles. The lowest BCUT2D eigenvalue weighted by atomic mass is 10.1. The fraction of sp³-hybridized carbons (Fsp3) is 0.333. The van der Waals surface area contributed by atoms with Crippen molar-refractivity contribution in [1.29, 1.82) is 0 Å². The van der Waals surface area contributed by atoms with Crippen LogP contribution in [0.15, 0.2) is 48.9 Å². The van der Waals surface area contributed by atoms with Gasteiger partial charge in [0, 0.05) is 56.1 Å². The summed E-state index contributed by atoms with van der Waals surface area (Å²) in [5.41, 5.74) is 12.1. The van der Waals surface area contributed by atoms with Crippen LogP contribution in [0.4, 0.5) is 11.5 Å². The molecule has 0 aliphatic carbocycles. The molecule has 2 N–H and O–H groups in total. The van der Waals surface area contributed by atoms with Gasteiger partial charge in [-0.3, -0.25) is 9.48 Å². The van der Waals surface area contributed by atoms with Crippen LogP contribution in [0.1, 0.15) is 13.0 Å². The number of ether oxygens (including phenoxy) is 1. The van der Waals surface area contributed by atoms with E-state index >= 15 is 0 Å². The number of hydrogen-bond acceptors (Lipinski definition) is 7. The molecule has 10 heteroatoms. The van der Waals surface area contributed by atoms with Gasteiger partial charge in [-0.25, -0.2) is 9.50 Å². The first-order valence-corrected chi connectivity index (χ1v) is 11.4. The number of carbonyl (C=O) groups is 1. The van der Waals surface area contributed by atoms with Crippen molar-refractivity contribution in [2.45, 2.75) is 13.0 Å². The summed E-state index contributed by atoms with van der Waals surface area (Å²) in [6.07, 6.45) is 3.29. The van der Waals surface area contributed by atoms with Crippen LogP contribution in [0.5, 0.6) is 0 Å². The van der Waals surface area contributed by atoms with E-state index in [0.29, 0.717) is 19.0 Å². The fourth-order valence-electron chi connectivity index (χ4n) is 4.79. The summed E-state index contributed by atoms with van der Waals surface area (Å²) in [7, 11) is 0. The fourth-order valence-corrected chi connectivity index (χ4v) is 4.79. The summed E-state index contributed by atoms with van der Waals surface area (Å²) in [6, 6.07) is 12.7. The number of fused-ring (bicyclic) bond motifs is 1. The summed E-state index contributed by atoms with van der Waals surface area (Å²) < 4.78 is 9.24. The summed E-state index contributed by atoms with van der Waals surface area (Å²) in [5, 5.41) is 9.08. The minimum absolute atomic E-state index is 0.130. The van der Waals surface area contributed by atoms with Crippen LogP contribution in [-0.2, 0) is 9.53 Å². The van der Waals surface area contributed by atoms with E-state index < -0.39 is 0 Å². The number of nitrogens with zero attached hydrogens (tertiary/aromatic N) is 7. The molecule has 0 bridgehead atoms. The lowest BCUT2D eigenvalue weighted by Gasteiger charge is -2.35. The third-order valence-electron chi connectivity index (χ3n) is 6.73. The van der Waals surface area contributed by atoms with Gasteiger partial charge in [-0.1, -0.05) is 12.1 Å². The predicted molar refractivity (Wildman–Crippen MR) is 128 cm³/mol. The Morgan fingerprint density at radius 3 is 2.62 bits per heavy atom. The second-order valence-electron chi connectivity index (χ2n) is 8.74. The molecule has 10 nitrogen and oxygen atoms in total. The largest absolute Gasteiger partial charge is 0.382 e. The van der Waals surface area contributed by atoms with Crippen molar-refractivity contribution in [2.24, 2.45) is 0 Å². The standard InChI is InChI=1S/C24H26N8O2/c1-16(33)29-7-9-30(10-8-29)18-4-2-3-17(11-18)22-12-20(23-24(25)26-15-28-32(22)23)21-5-6-27-31(21)19-13-34-14-19/h2-6,11-12,15,19H,7-10,13-14H2,1H3,(H2,25,26,28). The van der Waals surface area contributed by atoms with E-state index in [1.54, 1.807) is 13.1 Å². The van der Waals surface area contributed by atoms with Gasteiger partial charge in [0.15, 0.2) is 5.82 Å². The summed E-state index contributed by atoms with van der Waals surface area (Å²) in [6.45, 7) is 6.01. The van der Waals surface area contributed by atoms with Gasteiger partial charge in [-0.2, -0.15) is 10.2 Å². The second-order valence-corrected chi connectivity index (χ2v) is 8.74. The Morgan fingerprint density at radius 2 is 1.88 bits per heavy atom. The third kappa shape index (κ3) is 3.38. The SMILES string of the molecule is CC(=O)N1CCN(c2cccc(-c3cc(-c4ccnn4C4COC4)c4c(N)ncnn34)c2)CC1.